The maximum absolute atomic E-state index is 10.9. The number of carbonyl (C=O) groups is 1. The van der Waals surface area contributed by atoms with Crippen molar-refractivity contribution in [3.05, 3.63) is 34.9 Å². The molecular formula is C12H12ClN3O2. The summed E-state index contributed by atoms with van der Waals surface area (Å²) in [6, 6.07) is 3.31. The second kappa shape index (κ2) is 4.26. The van der Waals surface area contributed by atoms with Gasteiger partial charge in [-0.2, -0.15) is 0 Å². The van der Waals surface area contributed by atoms with Crippen LogP contribution in [0.25, 0.3) is 5.52 Å². The Labute approximate surface area is 108 Å². The number of imidazole rings is 1. The summed E-state index contributed by atoms with van der Waals surface area (Å²) < 4.78 is 1.86. The maximum Gasteiger partial charge on any atom is 0.335 e. The van der Waals surface area contributed by atoms with Crippen molar-refractivity contribution in [3.63, 3.8) is 0 Å². The van der Waals surface area contributed by atoms with Crippen LogP contribution in [-0.2, 0) is 0 Å². The highest BCUT2D eigenvalue weighted by Crippen LogP contribution is 2.27. The minimum atomic E-state index is -0.963. The standard InChI is InChI=1S/C12H12ClN3O2/c13-10-9-6-7(12(17)18)3-5-16(9)11(15-10)8-2-1-4-14-8/h3,5-6,8,14H,1-2,4H2,(H,17,18). The Bertz CT molecular complexity index is 617. The number of nitrogens with zero attached hydrogens (tertiary/aromatic N) is 2. The first-order chi connectivity index (χ1) is 8.66. The minimum absolute atomic E-state index is 0.195. The Hall–Kier alpha value is -1.59. The molecule has 0 bridgehead atoms. The van der Waals surface area contributed by atoms with Gasteiger partial charge in [0.05, 0.1) is 17.1 Å². The molecule has 2 aromatic heterocycles. The molecule has 1 atom stereocenters. The molecule has 94 valence electrons. The van der Waals surface area contributed by atoms with Crippen LogP contribution in [0.2, 0.25) is 5.15 Å². The summed E-state index contributed by atoms with van der Waals surface area (Å²) >= 11 is 6.08. The van der Waals surface area contributed by atoms with Crippen molar-refractivity contribution < 1.29 is 9.90 Å². The van der Waals surface area contributed by atoms with Crippen molar-refractivity contribution >= 4 is 23.1 Å². The summed E-state index contributed by atoms with van der Waals surface area (Å²) in [5, 5.41) is 12.7. The Morgan fingerprint density at radius 3 is 3.11 bits per heavy atom. The topological polar surface area (TPSA) is 66.6 Å². The predicted molar refractivity (Wildman–Crippen MR) is 67.1 cm³/mol. The Morgan fingerprint density at radius 2 is 2.44 bits per heavy atom. The SMILES string of the molecule is O=C(O)c1ccn2c(C3CCCN3)nc(Cl)c2c1. The summed E-state index contributed by atoms with van der Waals surface area (Å²) in [4.78, 5) is 15.3. The molecule has 0 spiro atoms. The van der Waals surface area contributed by atoms with E-state index in [1.54, 1.807) is 18.3 Å². The van der Waals surface area contributed by atoms with E-state index in [4.69, 9.17) is 16.7 Å². The number of nitrogens with one attached hydrogen (secondary N) is 1. The molecule has 1 aliphatic heterocycles. The average Bonchev–Trinajstić information content (AvgIpc) is 2.97. The van der Waals surface area contributed by atoms with E-state index in [9.17, 15) is 4.79 Å². The third-order valence-corrected chi connectivity index (χ3v) is 3.52. The van der Waals surface area contributed by atoms with Gasteiger partial charge in [0.25, 0.3) is 0 Å². The smallest absolute Gasteiger partial charge is 0.335 e. The number of carboxylic acid groups (broad SMARTS) is 1. The lowest BCUT2D eigenvalue weighted by Crippen LogP contribution is -2.15. The molecule has 0 aliphatic carbocycles. The zero-order valence-corrected chi connectivity index (χ0v) is 10.3. The fourth-order valence-corrected chi connectivity index (χ4v) is 2.59. The third-order valence-electron chi connectivity index (χ3n) is 3.24. The number of halogens is 1. The molecule has 0 radical (unpaired) electrons. The molecule has 1 fully saturated rings. The number of aromatic carboxylic acids is 1. The number of hydrogen-bond acceptors (Lipinski definition) is 3. The van der Waals surface area contributed by atoms with Gasteiger partial charge in [0.15, 0.2) is 5.15 Å². The van der Waals surface area contributed by atoms with E-state index >= 15 is 0 Å². The second-order valence-corrected chi connectivity index (χ2v) is 4.74. The van der Waals surface area contributed by atoms with Crippen molar-refractivity contribution in [2.75, 3.05) is 6.54 Å². The molecule has 1 unspecified atom stereocenters. The Kier molecular flexibility index (Phi) is 2.72. The van der Waals surface area contributed by atoms with E-state index in [0.29, 0.717) is 10.7 Å². The summed E-state index contributed by atoms with van der Waals surface area (Å²) in [5.74, 6) is -0.111. The molecule has 0 amide bonds. The molecule has 2 aromatic rings. The largest absolute Gasteiger partial charge is 0.478 e. The fourth-order valence-electron chi connectivity index (χ4n) is 2.35. The van der Waals surface area contributed by atoms with Crippen LogP contribution < -0.4 is 5.32 Å². The van der Waals surface area contributed by atoms with Gasteiger partial charge in [0, 0.05) is 6.20 Å². The number of pyridine rings is 1. The van der Waals surface area contributed by atoms with Crippen molar-refractivity contribution in [1.82, 2.24) is 14.7 Å². The third kappa shape index (κ3) is 1.76. The fraction of sp³-hybridized carbons (Fsp3) is 0.333. The predicted octanol–water partition coefficient (Wildman–Crippen LogP) is 2.11. The molecule has 1 saturated heterocycles. The molecule has 0 saturated carbocycles. The lowest BCUT2D eigenvalue weighted by Gasteiger charge is -2.08. The summed E-state index contributed by atoms with van der Waals surface area (Å²) in [5.41, 5.74) is 0.857. The van der Waals surface area contributed by atoms with Gasteiger partial charge in [-0.3, -0.25) is 0 Å². The van der Waals surface area contributed by atoms with Crippen LogP contribution in [0.4, 0.5) is 0 Å². The number of carboxylic acids is 1. The molecule has 18 heavy (non-hydrogen) atoms. The first-order valence-electron chi connectivity index (χ1n) is 5.81. The van der Waals surface area contributed by atoms with E-state index in [1.807, 2.05) is 4.40 Å². The number of rotatable bonds is 2. The van der Waals surface area contributed by atoms with E-state index in [2.05, 4.69) is 10.3 Å². The zero-order chi connectivity index (χ0) is 12.7. The van der Waals surface area contributed by atoms with Crippen LogP contribution in [0.5, 0.6) is 0 Å². The van der Waals surface area contributed by atoms with Gasteiger partial charge in [-0.25, -0.2) is 9.78 Å². The normalized spacial score (nSPS) is 19.5. The van der Waals surface area contributed by atoms with Crippen molar-refractivity contribution in [2.45, 2.75) is 18.9 Å². The van der Waals surface area contributed by atoms with Crippen LogP contribution in [0.15, 0.2) is 18.3 Å². The second-order valence-electron chi connectivity index (χ2n) is 4.39. The lowest BCUT2D eigenvalue weighted by molar-refractivity contribution is 0.0697. The maximum atomic E-state index is 10.9. The Morgan fingerprint density at radius 1 is 1.61 bits per heavy atom. The molecular weight excluding hydrogens is 254 g/mol. The highest BCUT2D eigenvalue weighted by atomic mass is 35.5. The lowest BCUT2D eigenvalue weighted by atomic mass is 10.2. The monoisotopic (exact) mass is 265 g/mol. The molecule has 0 aromatic carbocycles. The number of fused-ring (bicyclic) bond motifs is 1. The highest BCUT2D eigenvalue weighted by Gasteiger charge is 2.22. The Balaban J connectivity index is 2.14. The van der Waals surface area contributed by atoms with Gasteiger partial charge in [-0.15, -0.1) is 0 Å². The zero-order valence-electron chi connectivity index (χ0n) is 9.56. The van der Waals surface area contributed by atoms with E-state index < -0.39 is 5.97 Å². The van der Waals surface area contributed by atoms with E-state index in [-0.39, 0.29) is 11.6 Å². The average molecular weight is 266 g/mol. The van der Waals surface area contributed by atoms with Crippen LogP contribution in [0.1, 0.15) is 35.1 Å². The molecule has 1 aliphatic rings. The number of hydrogen-bond donors (Lipinski definition) is 2. The van der Waals surface area contributed by atoms with Gasteiger partial charge < -0.3 is 14.8 Å². The van der Waals surface area contributed by atoms with Gasteiger partial charge in [0.2, 0.25) is 0 Å². The van der Waals surface area contributed by atoms with Crippen LogP contribution >= 0.6 is 11.6 Å². The summed E-state index contributed by atoms with van der Waals surface area (Å²) in [6.45, 7) is 0.977. The molecule has 3 rings (SSSR count). The van der Waals surface area contributed by atoms with Gasteiger partial charge in [-0.05, 0) is 31.5 Å². The quantitative estimate of drug-likeness (QED) is 0.873. The van der Waals surface area contributed by atoms with Crippen molar-refractivity contribution in [2.24, 2.45) is 0 Å². The van der Waals surface area contributed by atoms with Gasteiger partial charge in [0.1, 0.15) is 5.82 Å². The molecule has 6 heteroatoms. The number of aromatic nitrogens is 2. The molecule has 5 nitrogen and oxygen atoms in total. The highest BCUT2D eigenvalue weighted by molar-refractivity contribution is 6.32. The minimum Gasteiger partial charge on any atom is -0.478 e. The van der Waals surface area contributed by atoms with E-state index in [0.717, 1.165) is 25.2 Å². The van der Waals surface area contributed by atoms with Crippen LogP contribution in [0, 0.1) is 0 Å². The van der Waals surface area contributed by atoms with E-state index in [1.165, 1.54) is 0 Å². The van der Waals surface area contributed by atoms with Crippen LogP contribution in [0.3, 0.4) is 0 Å². The first-order valence-corrected chi connectivity index (χ1v) is 6.19. The van der Waals surface area contributed by atoms with Gasteiger partial charge >= 0.3 is 5.97 Å². The first kappa shape index (κ1) is 11.5. The summed E-state index contributed by atoms with van der Waals surface area (Å²) in [6.07, 6.45) is 3.85. The molecule has 2 N–H and O–H groups in total. The molecule has 3 heterocycles. The van der Waals surface area contributed by atoms with Crippen molar-refractivity contribution in [3.8, 4) is 0 Å². The van der Waals surface area contributed by atoms with Crippen LogP contribution in [-0.4, -0.2) is 27.0 Å². The summed E-state index contributed by atoms with van der Waals surface area (Å²) in [7, 11) is 0. The van der Waals surface area contributed by atoms with Crippen molar-refractivity contribution in [1.29, 1.82) is 0 Å². The van der Waals surface area contributed by atoms with Gasteiger partial charge in [-0.1, -0.05) is 11.6 Å².